The summed E-state index contributed by atoms with van der Waals surface area (Å²) in [4.78, 5) is 13.1. The minimum Gasteiger partial charge on any atom is -0.457 e. The topological polar surface area (TPSA) is 214 Å². The number of hydrogen-bond acceptors (Lipinski definition) is 14. The van der Waals surface area contributed by atoms with Crippen LogP contribution in [-0.2, 0) is 33.2 Å². The summed E-state index contributed by atoms with van der Waals surface area (Å²) < 4.78 is 34.4. The quantitative estimate of drug-likeness (QED) is 0.0172. The van der Waals surface area contributed by atoms with Crippen molar-refractivity contribution >= 4 is 5.97 Å². The number of unbranched alkanes of at least 4 members (excludes halogenated alkanes) is 24. The molecule has 14 nitrogen and oxygen atoms in total. The maximum Gasteiger partial charge on any atom is 0.306 e. The van der Waals surface area contributed by atoms with E-state index >= 15 is 0 Å². The number of carbonyl (C=O) groups is 1. The van der Waals surface area contributed by atoms with Crippen molar-refractivity contribution in [3.63, 3.8) is 0 Å². The molecule has 11 unspecified atom stereocenters. The molecule has 0 aromatic heterocycles. The average molecular weight is 1110 g/mol. The third-order valence-electron chi connectivity index (χ3n) is 14.4. The number of hydrogen-bond donors (Lipinski definition) is 7. The molecule has 14 heteroatoms. The first-order valence-electron chi connectivity index (χ1n) is 31.0. The molecular weight excluding hydrogens is 993 g/mol. The number of aliphatic hydroxyl groups is 7. The molecule has 11 atom stereocenters. The first-order valence-corrected chi connectivity index (χ1v) is 31.0. The zero-order chi connectivity index (χ0) is 56.5. The van der Waals surface area contributed by atoms with Gasteiger partial charge in [-0.3, -0.25) is 4.79 Å². The van der Waals surface area contributed by atoms with E-state index in [4.69, 9.17) is 28.4 Å². The number of allylic oxidation sites excluding steroid dienone is 12. The first kappa shape index (κ1) is 71.5. The first-order chi connectivity index (χ1) is 38.1. The van der Waals surface area contributed by atoms with Crippen LogP contribution >= 0.6 is 0 Å². The normalized spacial score (nSPS) is 24.6. The highest BCUT2D eigenvalue weighted by Gasteiger charge is 2.47. The van der Waals surface area contributed by atoms with Crippen molar-refractivity contribution in [1.29, 1.82) is 0 Å². The van der Waals surface area contributed by atoms with E-state index in [0.29, 0.717) is 13.0 Å². The van der Waals surface area contributed by atoms with E-state index in [2.05, 4.69) is 86.8 Å². The fourth-order valence-electron chi connectivity index (χ4n) is 9.48. The second-order valence-corrected chi connectivity index (χ2v) is 21.5. The van der Waals surface area contributed by atoms with Crippen LogP contribution in [0.1, 0.15) is 226 Å². The molecule has 0 spiro atoms. The SMILES string of the molecule is CC/C=C\C/C=C\C/C=C\C/C=C\C/C=C\CCCCCCCCCCCCOCC(COC1OC(COC2OC(CO)C(O)C(O)C2O)C(O)C(O)C1O)OC(=O)CCCCCCCCC/C=C\CCCCCCCCC. The summed E-state index contributed by atoms with van der Waals surface area (Å²) in [5.41, 5.74) is 0. The second-order valence-electron chi connectivity index (χ2n) is 21.5. The van der Waals surface area contributed by atoms with E-state index in [1.165, 1.54) is 116 Å². The molecule has 0 radical (unpaired) electrons. The van der Waals surface area contributed by atoms with E-state index in [-0.39, 0.29) is 25.6 Å². The smallest absolute Gasteiger partial charge is 0.306 e. The van der Waals surface area contributed by atoms with Gasteiger partial charge in [-0.25, -0.2) is 0 Å². The van der Waals surface area contributed by atoms with Gasteiger partial charge in [-0.1, -0.05) is 209 Å². The summed E-state index contributed by atoms with van der Waals surface area (Å²) in [5, 5.41) is 72.4. The van der Waals surface area contributed by atoms with E-state index in [1.54, 1.807) is 0 Å². The molecule has 2 saturated heterocycles. The molecule has 452 valence electrons. The Labute approximate surface area is 472 Å². The molecule has 2 aliphatic rings. The number of esters is 1. The summed E-state index contributed by atoms with van der Waals surface area (Å²) in [5.74, 6) is -0.382. The standard InChI is InChI=1S/C64H112O14/c1-3-5-7-9-11-13-15-17-19-21-23-24-25-26-27-28-29-30-32-34-36-38-40-42-44-46-48-73-50-53(76-56(66)47-45-43-41-39-37-35-33-31-22-20-18-16-14-12-10-8-6-4-2)51-74-63-62(72)60(70)58(68)55(78-63)52-75-64-61(71)59(69)57(67)54(49-65)77-64/h5,7,11,13,17,19-20,22-24,26-27,53-55,57-65,67-72H,3-4,6,8-10,12,14-16,18,21,25,28-52H2,1-2H3/b7-5-,13-11-,19-17-,22-20-,24-23-,27-26-. The van der Waals surface area contributed by atoms with Crippen LogP contribution < -0.4 is 0 Å². The van der Waals surface area contributed by atoms with Crippen molar-refractivity contribution in [2.24, 2.45) is 0 Å². The van der Waals surface area contributed by atoms with Crippen LogP contribution in [0.3, 0.4) is 0 Å². The number of ether oxygens (including phenoxy) is 6. The predicted octanol–water partition coefficient (Wildman–Crippen LogP) is 11.8. The molecule has 0 aromatic rings. The van der Waals surface area contributed by atoms with Gasteiger partial charge < -0.3 is 64.2 Å². The lowest BCUT2D eigenvalue weighted by Crippen LogP contribution is -2.61. The van der Waals surface area contributed by atoms with Gasteiger partial charge in [0.2, 0.25) is 0 Å². The maximum atomic E-state index is 13.1. The maximum absolute atomic E-state index is 13.1. The Morgan fingerprint density at radius 1 is 0.436 bits per heavy atom. The fraction of sp³-hybridized carbons (Fsp3) is 0.797. The van der Waals surface area contributed by atoms with Crippen molar-refractivity contribution in [1.82, 2.24) is 0 Å². The highest BCUT2D eigenvalue weighted by atomic mass is 16.7. The third-order valence-corrected chi connectivity index (χ3v) is 14.4. The minimum atomic E-state index is -1.71. The molecule has 2 aliphatic heterocycles. The molecule has 0 aromatic carbocycles. The Balaban J connectivity index is 1.68. The Hall–Kier alpha value is -2.57. The second kappa shape index (κ2) is 50.2. The number of rotatable bonds is 50. The van der Waals surface area contributed by atoms with Gasteiger partial charge >= 0.3 is 5.97 Å². The predicted molar refractivity (Wildman–Crippen MR) is 312 cm³/mol. The van der Waals surface area contributed by atoms with E-state index < -0.39 is 80.7 Å². The van der Waals surface area contributed by atoms with Crippen molar-refractivity contribution in [2.45, 2.75) is 293 Å². The van der Waals surface area contributed by atoms with Gasteiger partial charge in [-0.2, -0.15) is 0 Å². The average Bonchev–Trinajstić information content (AvgIpc) is 3.45. The van der Waals surface area contributed by atoms with Crippen LogP contribution in [0.4, 0.5) is 0 Å². The highest BCUT2D eigenvalue weighted by molar-refractivity contribution is 5.69. The van der Waals surface area contributed by atoms with E-state index in [9.17, 15) is 40.5 Å². The Morgan fingerprint density at radius 2 is 0.833 bits per heavy atom. The molecule has 0 saturated carbocycles. The van der Waals surface area contributed by atoms with Gasteiger partial charge in [0.1, 0.15) is 54.9 Å². The monoisotopic (exact) mass is 1100 g/mol. The molecule has 0 amide bonds. The summed E-state index contributed by atoms with van der Waals surface area (Å²) in [7, 11) is 0. The molecule has 2 fully saturated rings. The van der Waals surface area contributed by atoms with Crippen LogP contribution in [-0.4, -0.2) is 142 Å². The molecular formula is C64H112O14. The van der Waals surface area contributed by atoms with Gasteiger partial charge in [0, 0.05) is 13.0 Å². The van der Waals surface area contributed by atoms with Gasteiger partial charge in [-0.05, 0) is 83.5 Å². The number of carbonyl (C=O) groups excluding carboxylic acids is 1. The lowest BCUT2D eigenvalue weighted by atomic mass is 9.98. The summed E-state index contributed by atoms with van der Waals surface area (Å²) in [6.07, 6.45) is 48.2. The molecule has 0 bridgehead atoms. The largest absolute Gasteiger partial charge is 0.457 e. The third kappa shape index (κ3) is 36.0. The zero-order valence-electron chi connectivity index (χ0n) is 48.6. The van der Waals surface area contributed by atoms with Crippen LogP contribution in [0.2, 0.25) is 0 Å². The fourth-order valence-corrected chi connectivity index (χ4v) is 9.48. The van der Waals surface area contributed by atoms with Crippen LogP contribution in [0.25, 0.3) is 0 Å². The summed E-state index contributed by atoms with van der Waals surface area (Å²) in [6.45, 7) is 3.57. The van der Waals surface area contributed by atoms with Crippen molar-refractivity contribution in [3.8, 4) is 0 Å². The van der Waals surface area contributed by atoms with Crippen LogP contribution in [0.5, 0.6) is 0 Å². The molecule has 2 rings (SSSR count). The molecule has 2 heterocycles. The van der Waals surface area contributed by atoms with Gasteiger partial charge in [0.05, 0.1) is 26.4 Å². The Kier molecular flexibility index (Phi) is 46.0. The summed E-state index contributed by atoms with van der Waals surface area (Å²) >= 11 is 0. The minimum absolute atomic E-state index is 0.0543. The summed E-state index contributed by atoms with van der Waals surface area (Å²) in [6, 6.07) is 0. The lowest BCUT2D eigenvalue weighted by Gasteiger charge is -2.42. The van der Waals surface area contributed by atoms with Gasteiger partial charge in [0.15, 0.2) is 12.6 Å². The van der Waals surface area contributed by atoms with Gasteiger partial charge in [-0.15, -0.1) is 0 Å². The lowest BCUT2D eigenvalue weighted by molar-refractivity contribution is -0.332. The van der Waals surface area contributed by atoms with E-state index in [0.717, 1.165) is 83.5 Å². The van der Waals surface area contributed by atoms with Crippen LogP contribution in [0, 0.1) is 0 Å². The molecule has 0 aliphatic carbocycles. The Morgan fingerprint density at radius 3 is 1.32 bits per heavy atom. The van der Waals surface area contributed by atoms with Crippen molar-refractivity contribution in [2.75, 3.05) is 33.0 Å². The highest BCUT2D eigenvalue weighted by Crippen LogP contribution is 2.27. The Bertz CT molecular complexity index is 1560. The van der Waals surface area contributed by atoms with E-state index in [1.807, 2.05) is 0 Å². The van der Waals surface area contributed by atoms with Gasteiger partial charge in [0.25, 0.3) is 0 Å². The van der Waals surface area contributed by atoms with Crippen molar-refractivity contribution < 1.29 is 69.0 Å². The molecule has 7 N–H and O–H groups in total. The van der Waals surface area contributed by atoms with Crippen molar-refractivity contribution in [3.05, 3.63) is 72.9 Å². The zero-order valence-corrected chi connectivity index (χ0v) is 48.6. The number of aliphatic hydroxyl groups excluding tert-OH is 7. The molecule has 78 heavy (non-hydrogen) atoms. The van der Waals surface area contributed by atoms with Crippen LogP contribution in [0.15, 0.2) is 72.9 Å².